The molecule has 0 saturated heterocycles. The number of aromatic nitrogens is 5. The maximum Gasteiger partial charge on any atom is 0.281 e. The molecule has 4 aromatic rings. The van der Waals surface area contributed by atoms with E-state index in [-0.39, 0.29) is 17.9 Å². The summed E-state index contributed by atoms with van der Waals surface area (Å²) in [5.41, 5.74) is 1.40. The van der Waals surface area contributed by atoms with Gasteiger partial charge in [-0.15, -0.1) is 5.10 Å². The van der Waals surface area contributed by atoms with Gasteiger partial charge in [-0.1, -0.05) is 29.5 Å². The number of hydrogen-bond donors (Lipinski definition) is 0. The molecule has 0 N–H and O–H groups in total. The fourth-order valence-corrected chi connectivity index (χ4v) is 2.71. The molecule has 0 aliphatic carbocycles. The van der Waals surface area contributed by atoms with E-state index in [0.29, 0.717) is 16.6 Å². The highest BCUT2D eigenvalue weighted by Crippen LogP contribution is 2.18. The molecule has 7 nitrogen and oxygen atoms in total. The van der Waals surface area contributed by atoms with Gasteiger partial charge in [0.25, 0.3) is 5.56 Å². The summed E-state index contributed by atoms with van der Waals surface area (Å²) >= 11 is 0. The van der Waals surface area contributed by atoms with Crippen LogP contribution in [0, 0.1) is 5.82 Å². The van der Waals surface area contributed by atoms with Gasteiger partial charge in [-0.25, -0.2) is 13.8 Å². The lowest BCUT2D eigenvalue weighted by molar-refractivity contribution is 0.386. The lowest BCUT2D eigenvalue weighted by atomic mass is 10.2. The van der Waals surface area contributed by atoms with Crippen LogP contribution in [0.3, 0.4) is 0 Å². The Balaban J connectivity index is 1.73. The summed E-state index contributed by atoms with van der Waals surface area (Å²) in [6.45, 7) is 0.0964. The van der Waals surface area contributed by atoms with Crippen molar-refractivity contribution in [1.82, 2.24) is 24.8 Å². The summed E-state index contributed by atoms with van der Waals surface area (Å²) in [7, 11) is 1.40. The van der Waals surface area contributed by atoms with Gasteiger partial charge >= 0.3 is 0 Å². The molecule has 0 bridgehead atoms. The lowest BCUT2D eigenvalue weighted by Crippen LogP contribution is -2.24. The smallest absolute Gasteiger partial charge is 0.281 e. The summed E-state index contributed by atoms with van der Waals surface area (Å²) in [6, 6.07) is 13.8. The SMILES string of the molecule is COc1ccc(Cn2nnc3c(cnn3-c3ccccc3)c2=O)cc1F. The zero-order chi connectivity index (χ0) is 18.1. The van der Waals surface area contributed by atoms with E-state index in [4.69, 9.17) is 4.74 Å². The average Bonchev–Trinajstić information content (AvgIpc) is 3.10. The minimum Gasteiger partial charge on any atom is -0.494 e. The first-order valence-electron chi connectivity index (χ1n) is 7.87. The van der Waals surface area contributed by atoms with Crippen molar-refractivity contribution < 1.29 is 9.13 Å². The normalized spacial score (nSPS) is 11.0. The number of ether oxygens (including phenoxy) is 1. The van der Waals surface area contributed by atoms with E-state index in [1.54, 1.807) is 10.7 Å². The Labute approximate surface area is 147 Å². The Bertz CT molecular complexity index is 1140. The van der Waals surface area contributed by atoms with Crippen LogP contribution in [0.25, 0.3) is 16.7 Å². The van der Waals surface area contributed by atoms with Crippen molar-refractivity contribution in [2.45, 2.75) is 6.54 Å². The molecule has 0 amide bonds. The number of para-hydroxylation sites is 1. The number of benzene rings is 2. The zero-order valence-corrected chi connectivity index (χ0v) is 13.8. The molecule has 2 aromatic carbocycles. The molecule has 0 atom stereocenters. The Morgan fingerprint density at radius 2 is 1.96 bits per heavy atom. The average molecular weight is 351 g/mol. The van der Waals surface area contributed by atoms with E-state index in [1.165, 1.54) is 30.1 Å². The fourth-order valence-electron chi connectivity index (χ4n) is 2.71. The molecule has 4 rings (SSSR count). The van der Waals surface area contributed by atoms with Gasteiger partial charge in [-0.05, 0) is 29.8 Å². The van der Waals surface area contributed by atoms with E-state index in [9.17, 15) is 9.18 Å². The van der Waals surface area contributed by atoms with Crippen molar-refractivity contribution in [3.8, 4) is 11.4 Å². The summed E-state index contributed by atoms with van der Waals surface area (Å²) in [6.07, 6.45) is 1.46. The van der Waals surface area contributed by atoms with Crippen LogP contribution >= 0.6 is 0 Å². The van der Waals surface area contributed by atoms with Crippen LogP contribution in [0.2, 0.25) is 0 Å². The predicted molar refractivity (Wildman–Crippen MR) is 93.0 cm³/mol. The van der Waals surface area contributed by atoms with Crippen molar-refractivity contribution in [1.29, 1.82) is 0 Å². The maximum absolute atomic E-state index is 13.8. The van der Waals surface area contributed by atoms with E-state index in [1.807, 2.05) is 30.3 Å². The Morgan fingerprint density at radius 3 is 2.69 bits per heavy atom. The van der Waals surface area contributed by atoms with E-state index in [2.05, 4.69) is 15.4 Å². The second kappa shape index (κ2) is 6.40. The molecule has 26 heavy (non-hydrogen) atoms. The number of halogens is 1. The minimum atomic E-state index is -0.496. The molecular formula is C18H14FN5O2. The summed E-state index contributed by atoms with van der Waals surface area (Å²) in [5.74, 6) is -0.351. The molecule has 0 spiro atoms. The molecule has 0 aliphatic heterocycles. The van der Waals surface area contributed by atoms with Gasteiger partial charge in [0.15, 0.2) is 17.2 Å². The van der Waals surface area contributed by atoms with Crippen LogP contribution in [0.4, 0.5) is 4.39 Å². The highest BCUT2D eigenvalue weighted by Gasteiger charge is 2.13. The third-order valence-electron chi connectivity index (χ3n) is 4.01. The van der Waals surface area contributed by atoms with Crippen LogP contribution in [-0.2, 0) is 6.54 Å². The van der Waals surface area contributed by atoms with Crippen molar-refractivity contribution in [3.05, 3.63) is 76.5 Å². The number of hydrogen-bond acceptors (Lipinski definition) is 5. The van der Waals surface area contributed by atoms with Gasteiger partial charge in [0, 0.05) is 0 Å². The zero-order valence-electron chi connectivity index (χ0n) is 13.8. The van der Waals surface area contributed by atoms with Crippen molar-refractivity contribution in [2.75, 3.05) is 7.11 Å². The number of methoxy groups -OCH3 is 1. The highest BCUT2D eigenvalue weighted by atomic mass is 19.1. The van der Waals surface area contributed by atoms with Crippen molar-refractivity contribution in [3.63, 3.8) is 0 Å². The van der Waals surface area contributed by atoms with Crippen LogP contribution in [0.1, 0.15) is 5.56 Å². The van der Waals surface area contributed by atoms with Crippen molar-refractivity contribution >= 4 is 11.0 Å². The van der Waals surface area contributed by atoms with Crippen molar-refractivity contribution in [2.24, 2.45) is 0 Å². The van der Waals surface area contributed by atoms with E-state index < -0.39 is 5.82 Å². The van der Waals surface area contributed by atoms with Gasteiger partial charge in [0.05, 0.1) is 25.5 Å². The van der Waals surface area contributed by atoms with Gasteiger partial charge in [0.1, 0.15) is 5.39 Å². The van der Waals surface area contributed by atoms with Crippen LogP contribution in [-0.4, -0.2) is 31.9 Å². The minimum absolute atomic E-state index is 0.0964. The molecular weight excluding hydrogens is 337 g/mol. The summed E-state index contributed by atoms with van der Waals surface area (Å²) < 4.78 is 21.5. The quantitative estimate of drug-likeness (QED) is 0.563. The fraction of sp³-hybridized carbons (Fsp3) is 0.111. The molecule has 0 fully saturated rings. The molecule has 2 heterocycles. The number of rotatable bonds is 4. The molecule has 0 aliphatic rings. The Hall–Kier alpha value is -3.55. The summed E-state index contributed by atoms with van der Waals surface area (Å²) in [5, 5.41) is 12.7. The molecule has 0 unspecified atom stereocenters. The Kier molecular flexibility index (Phi) is 3.92. The Morgan fingerprint density at radius 1 is 1.15 bits per heavy atom. The maximum atomic E-state index is 13.8. The first-order valence-corrected chi connectivity index (χ1v) is 7.87. The highest BCUT2D eigenvalue weighted by molar-refractivity contribution is 5.74. The number of fused-ring (bicyclic) bond motifs is 1. The second-order valence-electron chi connectivity index (χ2n) is 5.65. The third kappa shape index (κ3) is 2.71. The lowest BCUT2D eigenvalue weighted by Gasteiger charge is -2.07. The van der Waals surface area contributed by atoms with Gasteiger partial charge in [0.2, 0.25) is 0 Å². The van der Waals surface area contributed by atoms with Crippen LogP contribution in [0.5, 0.6) is 5.75 Å². The van der Waals surface area contributed by atoms with E-state index in [0.717, 1.165) is 5.69 Å². The molecule has 130 valence electrons. The van der Waals surface area contributed by atoms with Crippen LogP contribution < -0.4 is 10.3 Å². The number of nitrogens with zero attached hydrogens (tertiary/aromatic N) is 5. The van der Waals surface area contributed by atoms with E-state index >= 15 is 0 Å². The summed E-state index contributed by atoms with van der Waals surface area (Å²) in [4.78, 5) is 12.7. The van der Waals surface area contributed by atoms with Gasteiger partial charge < -0.3 is 4.74 Å². The largest absolute Gasteiger partial charge is 0.494 e. The molecule has 0 saturated carbocycles. The molecule has 8 heteroatoms. The third-order valence-corrected chi connectivity index (χ3v) is 4.01. The topological polar surface area (TPSA) is 74.8 Å². The molecule has 2 aromatic heterocycles. The molecule has 0 radical (unpaired) electrons. The first kappa shape index (κ1) is 15.9. The standard InChI is InChI=1S/C18H14FN5O2/c1-26-16-8-7-12(9-15(16)19)11-23-18(25)14-10-20-24(17(14)21-22-23)13-5-3-2-4-6-13/h2-10H,11H2,1H3. The van der Waals surface area contributed by atoms with Gasteiger partial charge in [-0.2, -0.15) is 5.10 Å². The first-order chi connectivity index (χ1) is 12.7. The van der Waals surface area contributed by atoms with Gasteiger partial charge in [-0.3, -0.25) is 4.79 Å². The predicted octanol–water partition coefficient (Wildman–Crippen LogP) is 2.17. The monoisotopic (exact) mass is 351 g/mol. The van der Waals surface area contributed by atoms with Crippen LogP contribution in [0.15, 0.2) is 59.5 Å². The second-order valence-corrected chi connectivity index (χ2v) is 5.65.